The van der Waals surface area contributed by atoms with E-state index in [4.69, 9.17) is 9.84 Å². The molecule has 0 aromatic heterocycles. The van der Waals surface area contributed by atoms with Gasteiger partial charge in [0.2, 0.25) is 0 Å². The summed E-state index contributed by atoms with van der Waals surface area (Å²) in [6, 6.07) is 8.16. The van der Waals surface area contributed by atoms with E-state index in [-0.39, 0.29) is 22.7 Å². The standard InChI is InChI=1S/C17H15F2IN2O4/c18-9-3-14(22-13-2-1-10(20)5-12(13)19)11(6-21)17(4-9)26-8-16(25)15(24)7-23/h1-5,15-16,22-25H,7-8H2/t15-,16-/m0/s1. The summed E-state index contributed by atoms with van der Waals surface area (Å²) >= 11 is 1.94. The quantitative estimate of drug-likeness (QED) is 0.458. The lowest BCUT2D eigenvalue weighted by molar-refractivity contribution is -0.0339. The van der Waals surface area contributed by atoms with Crippen LogP contribution in [0.15, 0.2) is 30.3 Å². The predicted octanol–water partition coefficient (Wildman–Crippen LogP) is 2.28. The number of nitriles is 1. The van der Waals surface area contributed by atoms with Crippen molar-refractivity contribution >= 4 is 34.0 Å². The molecule has 0 aliphatic heterocycles. The summed E-state index contributed by atoms with van der Waals surface area (Å²) in [6.07, 6.45) is -2.87. The van der Waals surface area contributed by atoms with Crippen LogP contribution in [0.4, 0.5) is 20.2 Å². The lowest BCUT2D eigenvalue weighted by atomic mass is 10.1. The lowest BCUT2D eigenvalue weighted by Gasteiger charge is -2.18. The smallest absolute Gasteiger partial charge is 0.147 e. The highest BCUT2D eigenvalue weighted by Crippen LogP contribution is 2.31. The average molecular weight is 476 g/mol. The average Bonchev–Trinajstić information content (AvgIpc) is 2.61. The largest absolute Gasteiger partial charge is 0.489 e. The minimum atomic E-state index is -1.44. The summed E-state index contributed by atoms with van der Waals surface area (Å²) in [7, 11) is 0. The third kappa shape index (κ3) is 5.01. The van der Waals surface area contributed by atoms with E-state index in [9.17, 15) is 24.3 Å². The minimum Gasteiger partial charge on any atom is -0.489 e. The van der Waals surface area contributed by atoms with E-state index in [1.54, 1.807) is 6.07 Å². The molecule has 0 saturated carbocycles. The molecule has 2 aromatic carbocycles. The Hall–Kier alpha value is -2.00. The van der Waals surface area contributed by atoms with Crippen LogP contribution in [-0.2, 0) is 0 Å². The number of ether oxygens (including phenoxy) is 1. The Morgan fingerprint density at radius 1 is 1.15 bits per heavy atom. The van der Waals surface area contributed by atoms with Gasteiger partial charge in [0.25, 0.3) is 0 Å². The summed E-state index contributed by atoms with van der Waals surface area (Å²) in [5, 5.41) is 39.7. The topological polar surface area (TPSA) is 106 Å². The molecular weight excluding hydrogens is 461 g/mol. The number of nitrogens with zero attached hydrogens (tertiary/aromatic N) is 1. The highest BCUT2D eigenvalue weighted by molar-refractivity contribution is 14.1. The van der Waals surface area contributed by atoms with Crippen LogP contribution < -0.4 is 10.1 Å². The van der Waals surface area contributed by atoms with Gasteiger partial charge in [0.1, 0.15) is 47.8 Å². The van der Waals surface area contributed by atoms with Crippen LogP contribution in [0.3, 0.4) is 0 Å². The molecule has 9 heteroatoms. The van der Waals surface area contributed by atoms with E-state index >= 15 is 0 Å². The van der Waals surface area contributed by atoms with Crippen molar-refractivity contribution < 1.29 is 28.8 Å². The van der Waals surface area contributed by atoms with E-state index in [0.29, 0.717) is 3.57 Å². The van der Waals surface area contributed by atoms with Crippen molar-refractivity contribution in [3.05, 3.63) is 51.1 Å². The molecule has 0 radical (unpaired) electrons. The number of anilines is 2. The first-order valence-corrected chi connectivity index (χ1v) is 8.49. The third-order valence-corrected chi connectivity index (χ3v) is 4.09. The Bertz CT molecular complexity index is 829. The van der Waals surface area contributed by atoms with Crippen LogP contribution in [0, 0.1) is 26.5 Å². The maximum atomic E-state index is 14.0. The van der Waals surface area contributed by atoms with Crippen molar-refractivity contribution in [1.29, 1.82) is 5.26 Å². The Morgan fingerprint density at radius 2 is 1.88 bits per heavy atom. The first kappa shape index (κ1) is 20.3. The Labute approximate surface area is 161 Å². The monoisotopic (exact) mass is 476 g/mol. The molecule has 2 atom stereocenters. The van der Waals surface area contributed by atoms with Crippen LogP contribution in [0.1, 0.15) is 5.56 Å². The molecule has 0 amide bonds. The van der Waals surface area contributed by atoms with Gasteiger partial charge in [0, 0.05) is 9.64 Å². The van der Waals surface area contributed by atoms with Crippen LogP contribution in [0.25, 0.3) is 0 Å². The zero-order valence-corrected chi connectivity index (χ0v) is 15.4. The van der Waals surface area contributed by atoms with Gasteiger partial charge in [-0.2, -0.15) is 5.26 Å². The van der Waals surface area contributed by atoms with Crippen molar-refractivity contribution in [1.82, 2.24) is 0 Å². The molecule has 0 heterocycles. The van der Waals surface area contributed by atoms with E-state index in [2.05, 4.69) is 5.32 Å². The molecular formula is C17H15F2IN2O4. The van der Waals surface area contributed by atoms with Gasteiger partial charge in [-0.3, -0.25) is 0 Å². The molecule has 2 rings (SSSR count). The Morgan fingerprint density at radius 3 is 2.50 bits per heavy atom. The molecule has 0 unspecified atom stereocenters. The zero-order chi connectivity index (χ0) is 19.3. The summed E-state index contributed by atoms with van der Waals surface area (Å²) in [5.41, 5.74) is -0.0657. The molecule has 6 nitrogen and oxygen atoms in total. The van der Waals surface area contributed by atoms with Crippen molar-refractivity contribution in [2.75, 3.05) is 18.5 Å². The molecule has 138 valence electrons. The predicted molar refractivity (Wildman–Crippen MR) is 98.1 cm³/mol. The maximum Gasteiger partial charge on any atom is 0.147 e. The van der Waals surface area contributed by atoms with Gasteiger partial charge in [-0.05, 0) is 46.9 Å². The summed E-state index contributed by atoms with van der Waals surface area (Å²) in [4.78, 5) is 0. The number of hydrogen-bond acceptors (Lipinski definition) is 6. The number of aliphatic hydroxyl groups excluding tert-OH is 3. The van der Waals surface area contributed by atoms with E-state index < -0.39 is 37.1 Å². The van der Waals surface area contributed by atoms with Crippen LogP contribution in [0.5, 0.6) is 5.75 Å². The molecule has 0 saturated heterocycles. The van der Waals surface area contributed by atoms with Crippen molar-refractivity contribution in [2.24, 2.45) is 0 Å². The van der Waals surface area contributed by atoms with Crippen LogP contribution >= 0.6 is 22.6 Å². The van der Waals surface area contributed by atoms with Crippen LogP contribution in [0.2, 0.25) is 0 Å². The highest BCUT2D eigenvalue weighted by atomic mass is 127. The van der Waals surface area contributed by atoms with Gasteiger partial charge in [-0.25, -0.2) is 8.78 Å². The van der Waals surface area contributed by atoms with E-state index in [1.165, 1.54) is 12.1 Å². The van der Waals surface area contributed by atoms with Gasteiger partial charge in [0.05, 0.1) is 18.0 Å². The molecule has 26 heavy (non-hydrogen) atoms. The lowest BCUT2D eigenvalue weighted by Crippen LogP contribution is -2.34. The fourth-order valence-electron chi connectivity index (χ4n) is 2.05. The first-order chi connectivity index (χ1) is 12.3. The number of benzene rings is 2. The van der Waals surface area contributed by atoms with E-state index in [0.717, 1.165) is 12.1 Å². The first-order valence-electron chi connectivity index (χ1n) is 7.41. The zero-order valence-electron chi connectivity index (χ0n) is 13.3. The second kappa shape index (κ2) is 9.09. The molecule has 0 aliphatic carbocycles. The number of nitrogens with one attached hydrogen (secondary N) is 1. The highest BCUT2D eigenvalue weighted by Gasteiger charge is 2.19. The minimum absolute atomic E-state index is 0.0141. The van der Waals surface area contributed by atoms with Gasteiger partial charge in [-0.1, -0.05) is 0 Å². The van der Waals surface area contributed by atoms with Gasteiger partial charge < -0.3 is 25.4 Å². The number of rotatable bonds is 7. The van der Waals surface area contributed by atoms with Crippen molar-refractivity contribution in [2.45, 2.75) is 12.2 Å². The fourth-order valence-corrected chi connectivity index (χ4v) is 2.51. The van der Waals surface area contributed by atoms with Crippen molar-refractivity contribution in [3.63, 3.8) is 0 Å². The summed E-state index contributed by atoms with van der Waals surface area (Å²) < 4.78 is 33.8. The Balaban J connectivity index is 2.30. The normalized spacial score (nSPS) is 13.0. The molecule has 0 spiro atoms. The van der Waals surface area contributed by atoms with Crippen molar-refractivity contribution in [3.8, 4) is 11.8 Å². The molecule has 0 aliphatic rings. The number of hydrogen-bond donors (Lipinski definition) is 4. The molecule has 4 N–H and O–H groups in total. The van der Waals surface area contributed by atoms with Crippen LogP contribution in [-0.4, -0.2) is 40.7 Å². The molecule has 2 aromatic rings. The van der Waals surface area contributed by atoms with Gasteiger partial charge in [0.15, 0.2) is 0 Å². The molecule has 0 bridgehead atoms. The van der Waals surface area contributed by atoms with Gasteiger partial charge in [-0.15, -0.1) is 0 Å². The number of aliphatic hydroxyl groups is 3. The SMILES string of the molecule is N#Cc1c(Nc2ccc(I)cc2F)cc(F)cc1OC[C@H](O)[C@@H](O)CO. The third-order valence-electron chi connectivity index (χ3n) is 3.42. The Kier molecular flexibility index (Phi) is 7.10. The maximum absolute atomic E-state index is 14.0. The molecule has 0 fully saturated rings. The second-order valence-corrected chi connectivity index (χ2v) is 6.56. The van der Waals surface area contributed by atoms with E-state index in [1.807, 2.05) is 28.7 Å². The fraction of sp³-hybridized carbons (Fsp3) is 0.235. The number of halogens is 3. The van der Waals surface area contributed by atoms with Gasteiger partial charge >= 0.3 is 0 Å². The second-order valence-electron chi connectivity index (χ2n) is 5.32. The summed E-state index contributed by atoms with van der Waals surface area (Å²) in [6.45, 7) is -1.16. The summed E-state index contributed by atoms with van der Waals surface area (Å²) in [5.74, 6) is -1.51.